The van der Waals surface area contributed by atoms with Gasteiger partial charge >= 0.3 is 0 Å². The Kier molecular flexibility index (Phi) is 3.98. The Hall–Kier alpha value is -2.34. The molecule has 0 bridgehead atoms. The third-order valence-electron chi connectivity index (χ3n) is 4.17. The van der Waals surface area contributed by atoms with Crippen LogP contribution in [0.4, 0.5) is 4.39 Å². The van der Waals surface area contributed by atoms with Crippen molar-refractivity contribution in [2.24, 2.45) is 0 Å². The Labute approximate surface area is 141 Å². The molecule has 2 aromatic carbocycles. The first-order chi connectivity index (χ1) is 11.7. The lowest BCUT2D eigenvalue weighted by molar-refractivity contribution is 0.327. The minimum Gasteiger partial charge on any atom is -0.251 e. The predicted molar refractivity (Wildman–Crippen MR) is 89.6 cm³/mol. The third kappa shape index (κ3) is 2.78. The van der Waals surface area contributed by atoms with E-state index < -0.39 is 17.0 Å². The van der Waals surface area contributed by atoms with Gasteiger partial charge in [0.1, 0.15) is 0 Å². The SMILES string of the molecule is O=S(Cc1ccccc1)c1nc2n(n1)[C@H](c1ccccc1)C[C@@H]2F. The summed E-state index contributed by atoms with van der Waals surface area (Å²) in [5, 5.41) is 4.57. The molecule has 0 radical (unpaired) electrons. The lowest BCUT2D eigenvalue weighted by Crippen LogP contribution is -2.08. The Morgan fingerprint density at radius 1 is 1.08 bits per heavy atom. The van der Waals surface area contributed by atoms with Gasteiger partial charge in [0.05, 0.1) is 22.6 Å². The van der Waals surface area contributed by atoms with Crippen molar-refractivity contribution in [3.63, 3.8) is 0 Å². The van der Waals surface area contributed by atoms with Gasteiger partial charge in [-0.15, -0.1) is 5.10 Å². The molecule has 1 unspecified atom stereocenters. The molecule has 0 amide bonds. The number of hydrogen-bond donors (Lipinski definition) is 0. The van der Waals surface area contributed by atoms with Crippen molar-refractivity contribution in [1.29, 1.82) is 0 Å². The molecule has 1 aliphatic rings. The number of fused-ring (bicyclic) bond motifs is 1. The summed E-state index contributed by atoms with van der Waals surface area (Å²) in [4.78, 5) is 4.22. The van der Waals surface area contributed by atoms with E-state index in [4.69, 9.17) is 0 Å². The molecule has 0 saturated carbocycles. The van der Waals surface area contributed by atoms with Gasteiger partial charge in [-0.2, -0.15) is 0 Å². The molecule has 0 fully saturated rings. The maximum Gasteiger partial charge on any atom is 0.239 e. The largest absolute Gasteiger partial charge is 0.251 e. The monoisotopic (exact) mass is 341 g/mol. The van der Waals surface area contributed by atoms with Gasteiger partial charge in [-0.3, -0.25) is 4.21 Å². The van der Waals surface area contributed by atoms with E-state index in [2.05, 4.69) is 10.1 Å². The summed E-state index contributed by atoms with van der Waals surface area (Å²) >= 11 is 0. The fourth-order valence-corrected chi connectivity index (χ4v) is 4.00. The van der Waals surface area contributed by atoms with Gasteiger partial charge in [-0.25, -0.2) is 14.1 Å². The molecule has 0 saturated heterocycles. The highest BCUT2D eigenvalue weighted by Crippen LogP contribution is 2.39. The molecule has 0 N–H and O–H groups in total. The minimum atomic E-state index is -1.39. The van der Waals surface area contributed by atoms with Gasteiger partial charge in [0.15, 0.2) is 12.0 Å². The van der Waals surface area contributed by atoms with E-state index in [1.807, 2.05) is 60.7 Å². The standard InChI is InChI=1S/C18H16FN3OS/c19-15-11-16(14-9-5-2-6-10-14)22-17(15)20-18(21-22)24(23)12-13-7-3-1-4-8-13/h1-10,15-16H,11-12H2/t15-,16-,24?/m0/s1. The molecule has 6 heteroatoms. The zero-order valence-electron chi connectivity index (χ0n) is 12.9. The molecule has 0 aliphatic carbocycles. The van der Waals surface area contributed by atoms with Crippen molar-refractivity contribution < 1.29 is 8.60 Å². The topological polar surface area (TPSA) is 47.8 Å². The number of halogens is 1. The molecular formula is C18H16FN3OS. The van der Waals surface area contributed by atoms with Crippen LogP contribution in [0.2, 0.25) is 0 Å². The van der Waals surface area contributed by atoms with Crippen LogP contribution in [0.3, 0.4) is 0 Å². The maximum atomic E-state index is 14.3. The smallest absolute Gasteiger partial charge is 0.239 e. The molecule has 24 heavy (non-hydrogen) atoms. The van der Waals surface area contributed by atoms with Crippen LogP contribution in [-0.2, 0) is 16.6 Å². The lowest BCUT2D eigenvalue weighted by Gasteiger charge is -2.11. The first-order valence-corrected chi connectivity index (χ1v) is 9.12. The Morgan fingerprint density at radius 3 is 2.46 bits per heavy atom. The van der Waals surface area contributed by atoms with E-state index in [0.29, 0.717) is 12.2 Å². The van der Waals surface area contributed by atoms with Crippen LogP contribution in [0.25, 0.3) is 0 Å². The molecule has 2 heterocycles. The molecule has 122 valence electrons. The van der Waals surface area contributed by atoms with Crippen molar-refractivity contribution in [2.45, 2.75) is 29.5 Å². The summed E-state index contributed by atoms with van der Waals surface area (Å²) in [7, 11) is -1.39. The first-order valence-electron chi connectivity index (χ1n) is 7.80. The summed E-state index contributed by atoms with van der Waals surface area (Å²) in [6.45, 7) is 0. The summed E-state index contributed by atoms with van der Waals surface area (Å²) in [5.41, 5.74) is 1.94. The van der Waals surface area contributed by atoms with Crippen LogP contribution in [0.1, 0.15) is 35.6 Å². The van der Waals surface area contributed by atoms with E-state index >= 15 is 0 Å². The Bertz CT molecular complexity index is 866. The van der Waals surface area contributed by atoms with Gasteiger partial charge in [0.2, 0.25) is 5.16 Å². The molecule has 4 nitrogen and oxygen atoms in total. The van der Waals surface area contributed by atoms with Gasteiger partial charge < -0.3 is 0 Å². The van der Waals surface area contributed by atoms with Gasteiger partial charge in [-0.1, -0.05) is 60.7 Å². The predicted octanol–water partition coefficient (Wildman–Crippen LogP) is 3.59. The van der Waals surface area contributed by atoms with Crippen molar-refractivity contribution >= 4 is 10.8 Å². The number of alkyl halides is 1. The van der Waals surface area contributed by atoms with Crippen molar-refractivity contribution in [3.8, 4) is 0 Å². The first kappa shape index (κ1) is 15.2. The fourth-order valence-electron chi connectivity index (χ4n) is 3.00. The normalized spacial score (nSPS) is 20.7. The average Bonchev–Trinajstić information content (AvgIpc) is 3.18. The molecule has 1 aliphatic heterocycles. The second-order valence-corrected chi connectivity index (χ2v) is 7.15. The van der Waals surface area contributed by atoms with Crippen molar-refractivity contribution in [1.82, 2.24) is 14.8 Å². The maximum absolute atomic E-state index is 14.3. The second-order valence-electron chi connectivity index (χ2n) is 5.80. The van der Waals surface area contributed by atoms with Gasteiger partial charge in [0, 0.05) is 6.42 Å². The zero-order valence-corrected chi connectivity index (χ0v) is 13.7. The van der Waals surface area contributed by atoms with Crippen LogP contribution in [-0.4, -0.2) is 19.0 Å². The van der Waals surface area contributed by atoms with Gasteiger partial charge in [0.25, 0.3) is 0 Å². The van der Waals surface area contributed by atoms with E-state index in [1.54, 1.807) is 4.68 Å². The highest BCUT2D eigenvalue weighted by molar-refractivity contribution is 7.84. The Morgan fingerprint density at radius 2 is 1.75 bits per heavy atom. The number of benzene rings is 2. The van der Waals surface area contributed by atoms with Crippen LogP contribution in [0, 0.1) is 0 Å². The summed E-state index contributed by atoms with van der Waals surface area (Å²) in [5.74, 6) is 0.609. The average molecular weight is 341 g/mol. The van der Waals surface area contributed by atoms with E-state index in [1.165, 1.54) is 0 Å². The third-order valence-corrected chi connectivity index (χ3v) is 5.35. The molecule has 4 rings (SSSR count). The molecule has 0 spiro atoms. The van der Waals surface area contributed by atoms with E-state index in [9.17, 15) is 8.60 Å². The molecule has 3 atom stereocenters. The molecule has 3 aromatic rings. The summed E-state index contributed by atoms with van der Waals surface area (Å²) in [6, 6.07) is 19.0. The highest BCUT2D eigenvalue weighted by Gasteiger charge is 2.36. The van der Waals surface area contributed by atoms with Crippen LogP contribution < -0.4 is 0 Å². The molecule has 1 aromatic heterocycles. The zero-order chi connectivity index (χ0) is 16.5. The fraction of sp³-hybridized carbons (Fsp3) is 0.222. The summed E-state index contributed by atoms with van der Waals surface area (Å²) in [6.07, 6.45) is -0.851. The number of rotatable bonds is 4. The van der Waals surface area contributed by atoms with E-state index in [0.717, 1.165) is 11.1 Å². The quantitative estimate of drug-likeness (QED) is 0.729. The lowest BCUT2D eigenvalue weighted by atomic mass is 10.0. The minimum absolute atomic E-state index is 0.189. The van der Waals surface area contributed by atoms with Gasteiger partial charge in [-0.05, 0) is 11.1 Å². The van der Waals surface area contributed by atoms with Crippen molar-refractivity contribution in [3.05, 3.63) is 77.6 Å². The van der Waals surface area contributed by atoms with Crippen LogP contribution >= 0.6 is 0 Å². The number of aromatic nitrogens is 3. The second kappa shape index (κ2) is 6.28. The van der Waals surface area contributed by atoms with Crippen LogP contribution in [0.15, 0.2) is 65.8 Å². The summed E-state index contributed by atoms with van der Waals surface area (Å²) < 4.78 is 28.4. The number of nitrogens with zero attached hydrogens (tertiary/aromatic N) is 3. The highest BCUT2D eigenvalue weighted by atomic mass is 32.2. The van der Waals surface area contributed by atoms with Crippen molar-refractivity contribution in [2.75, 3.05) is 0 Å². The molecular weight excluding hydrogens is 325 g/mol. The number of hydrogen-bond acceptors (Lipinski definition) is 3. The van der Waals surface area contributed by atoms with Crippen LogP contribution in [0.5, 0.6) is 0 Å². The van der Waals surface area contributed by atoms with E-state index in [-0.39, 0.29) is 17.0 Å². The Balaban J connectivity index is 1.62.